The number of nitrogens with zero attached hydrogens (tertiary/aromatic N) is 4. The number of azo groups is 2. The highest BCUT2D eigenvalue weighted by Gasteiger charge is 2.25. The first-order valence-corrected chi connectivity index (χ1v) is 15.4. The fraction of sp³-hybridized carbons (Fsp3) is 0.200. The molecular formula is C35H32Cl2N6O5. The van der Waals surface area contributed by atoms with Gasteiger partial charge in [-0.25, -0.2) is 0 Å². The number of nitrogens with one attached hydrogen (secondary N) is 2. The first-order valence-electron chi connectivity index (χ1n) is 14.6. The average molecular weight is 688 g/mol. The first kappa shape index (κ1) is 35.6. The highest BCUT2D eigenvalue weighted by molar-refractivity contribution is 6.34. The number of hydrogen-bond acceptors (Lipinski definition) is 9. The number of aryl methyl sites for hydroxylation is 2. The molecule has 0 saturated heterocycles. The smallest absolute Gasteiger partial charge is 0.258 e. The van der Waals surface area contributed by atoms with Crippen LogP contribution in [0.1, 0.15) is 25.0 Å². The van der Waals surface area contributed by atoms with Crippen LogP contribution in [0.5, 0.6) is 5.75 Å². The Bertz CT molecular complexity index is 1940. The molecule has 13 heteroatoms. The number of ether oxygens (including phenoxy) is 1. The van der Waals surface area contributed by atoms with E-state index in [-0.39, 0.29) is 21.4 Å². The van der Waals surface area contributed by atoms with E-state index in [0.29, 0.717) is 28.3 Å². The van der Waals surface area contributed by atoms with Crippen LogP contribution in [0.3, 0.4) is 0 Å². The summed E-state index contributed by atoms with van der Waals surface area (Å²) >= 11 is 13.0. The maximum Gasteiger partial charge on any atom is 0.258 e. The predicted octanol–water partition coefficient (Wildman–Crippen LogP) is 8.65. The molecule has 4 rings (SSSR count). The number of anilines is 2. The normalized spacial score (nSPS) is 12.5. The summed E-state index contributed by atoms with van der Waals surface area (Å²) in [7, 11) is 1.47. The van der Waals surface area contributed by atoms with Gasteiger partial charge in [0.25, 0.3) is 11.8 Å². The van der Waals surface area contributed by atoms with Crippen LogP contribution in [0.15, 0.2) is 99.3 Å². The van der Waals surface area contributed by atoms with E-state index in [2.05, 4.69) is 31.1 Å². The van der Waals surface area contributed by atoms with Gasteiger partial charge in [0.2, 0.25) is 12.1 Å². The summed E-state index contributed by atoms with van der Waals surface area (Å²) in [5, 5.41) is 21.9. The van der Waals surface area contributed by atoms with Crippen molar-refractivity contribution >= 4 is 69.3 Å². The van der Waals surface area contributed by atoms with Crippen LogP contribution in [0.2, 0.25) is 10.0 Å². The van der Waals surface area contributed by atoms with Crippen LogP contribution >= 0.6 is 23.2 Å². The van der Waals surface area contributed by atoms with Crippen molar-refractivity contribution in [2.24, 2.45) is 20.5 Å². The largest absolute Gasteiger partial charge is 0.495 e. The SMILES string of the molecule is COc1ccccc1NC(=O)[C@H](N=Nc1ccc(-c2ccc(N=N[C@H](C(C)=O)C(=O)Nc3ccc(C)cc3C)c(Cl)c2)cc1Cl)C(C)=O. The van der Waals surface area contributed by atoms with Crippen LogP contribution in [0.4, 0.5) is 22.7 Å². The fourth-order valence-electron chi connectivity index (χ4n) is 4.52. The molecule has 0 spiro atoms. The highest BCUT2D eigenvalue weighted by Crippen LogP contribution is 2.35. The van der Waals surface area contributed by atoms with E-state index in [1.807, 2.05) is 26.0 Å². The number of rotatable bonds is 12. The van der Waals surface area contributed by atoms with E-state index in [1.54, 1.807) is 66.7 Å². The molecule has 0 aromatic heterocycles. The zero-order valence-electron chi connectivity index (χ0n) is 26.7. The van der Waals surface area contributed by atoms with Crippen LogP contribution in [0.25, 0.3) is 11.1 Å². The van der Waals surface area contributed by atoms with E-state index in [9.17, 15) is 19.2 Å². The third-order valence-corrected chi connectivity index (χ3v) is 7.67. The molecule has 48 heavy (non-hydrogen) atoms. The number of carbonyl (C=O) groups is 4. The molecule has 2 amide bonds. The van der Waals surface area contributed by atoms with E-state index < -0.39 is 35.5 Å². The van der Waals surface area contributed by atoms with Crippen molar-refractivity contribution in [3.05, 3.63) is 100 Å². The summed E-state index contributed by atoms with van der Waals surface area (Å²) < 4.78 is 5.24. The minimum Gasteiger partial charge on any atom is -0.495 e. The summed E-state index contributed by atoms with van der Waals surface area (Å²) in [6.45, 7) is 6.30. The molecule has 0 fully saturated rings. The third-order valence-electron chi connectivity index (χ3n) is 7.06. The Morgan fingerprint density at radius 1 is 0.667 bits per heavy atom. The first-order chi connectivity index (χ1) is 22.9. The van der Waals surface area contributed by atoms with Crippen molar-refractivity contribution in [1.29, 1.82) is 0 Å². The number of carbonyl (C=O) groups excluding carboxylic acids is 4. The Morgan fingerprint density at radius 3 is 1.62 bits per heavy atom. The van der Waals surface area contributed by atoms with Crippen LogP contribution in [-0.2, 0) is 19.2 Å². The second-order valence-corrected chi connectivity index (χ2v) is 11.6. The van der Waals surface area contributed by atoms with Crippen molar-refractivity contribution < 1.29 is 23.9 Å². The van der Waals surface area contributed by atoms with Gasteiger partial charge in [-0.2, -0.15) is 20.5 Å². The van der Waals surface area contributed by atoms with Gasteiger partial charge >= 0.3 is 0 Å². The lowest BCUT2D eigenvalue weighted by molar-refractivity contribution is -0.127. The molecule has 4 aromatic carbocycles. The number of hydrogen-bond donors (Lipinski definition) is 2. The number of para-hydroxylation sites is 2. The van der Waals surface area contributed by atoms with Crippen molar-refractivity contribution in [2.45, 2.75) is 39.8 Å². The maximum atomic E-state index is 12.9. The molecule has 0 aliphatic carbocycles. The van der Waals surface area contributed by atoms with Crippen molar-refractivity contribution in [2.75, 3.05) is 17.7 Å². The Balaban J connectivity index is 1.47. The molecule has 2 N–H and O–H groups in total. The van der Waals surface area contributed by atoms with Gasteiger partial charge < -0.3 is 15.4 Å². The van der Waals surface area contributed by atoms with Crippen LogP contribution < -0.4 is 15.4 Å². The summed E-state index contributed by atoms with van der Waals surface area (Å²) in [5.41, 5.74) is 4.71. The average Bonchev–Trinajstić information content (AvgIpc) is 3.03. The molecule has 0 bridgehead atoms. The molecule has 11 nitrogen and oxygen atoms in total. The van der Waals surface area contributed by atoms with Gasteiger partial charge in [0, 0.05) is 5.69 Å². The highest BCUT2D eigenvalue weighted by atomic mass is 35.5. The molecule has 0 aliphatic heterocycles. The molecule has 0 saturated carbocycles. The Kier molecular flexibility index (Phi) is 11.9. The lowest BCUT2D eigenvalue weighted by atomic mass is 10.0. The molecule has 2 atom stereocenters. The Hall–Kier alpha value is -5.26. The predicted molar refractivity (Wildman–Crippen MR) is 186 cm³/mol. The van der Waals surface area contributed by atoms with E-state index in [1.165, 1.54) is 21.0 Å². The van der Waals surface area contributed by atoms with Gasteiger partial charge in [-0.3, -0.25) is 19.2 Å². The van der Waals surface area contributed by atoms with Crippen molar-refractivity contribution in [1.82, 2.24) is 0 Å². The number of benzene rings is 4. The summed E-state index contributed by atoms with van der Waals surface area (Å²) in [4.78, 5) is 50.2. The maximum absolute atomic E-state index is 12.9. The number of ketones is 2. The second kappa shape index (κ2) is 16.0. The standard InChI is InChI=1S/C35H32Cl2N6O5/c1-19-10-13-27(20(2)16-19)38-34(46)32(21(3)44)42-40-28-14-11-23(17-25(28)36)24-12-15-29(26(37)18-24)41-43-33(22(4)45)35(47)39-30-8-6-7-9-31(30)48-5/h6-18,32-33H,1-5H3,(H,38,46)(H,39,47)/t32-,33-/m1/s1. The Labute approximate surface area is 287 Å². The van der Waals surface area contributed by atoms with Gasteiger partial charge in [0.1, 0.15) is 17.1 Å². The minimum absolute atomic E-state index is 0.211. The molecule has 0 unspecified atom stereocenters. The molecule has 0 aliphatic rings. The Morgan fingerprint density at radius 2 is 1.17 bits per heavy atom. The number of amides is 2. The third kappa shape index (κ3) is 8.96. The van der Waals surface area contributed by atoms with E-state index >= 15 is 0 Å². The molecular weight excluding hydrogens is 655 g/mol. The second-order valence-electron chi connectivity index (χ2n) is 10.8. The number of halogens is 2. The zero-order valence-corrected chi connectivity index (χ0v) is 28.3. The summed E-state index contributed by atoms with van der Waals surface area (Å²) in [6.07, 6.45) is 0. The molecule has 0 heterocycles. The van der Waals surface area contributed by atoms with Crippen LogP contribution in [-0.4, -0.2) is 42.6 Å². The van der Waals surface area contributed by atoms with Gasteiger partial charge in [0.15, 0.2) is 11.6 Å². The van der Waals surface area contributed by atoms with Crippen LogP contribution in [0, 0.1) is 13.8 Å². The molecule has 4 aromatic rings. The fourth-order valence-corrected chi connectivity index (χ4v) is 4.95. The number of Topliss-reactive ketones (excluding diaryl/α,β-unsaturated/α-hetero) is 2. The van der Waals surface area contributed by atoms with Crippen molar-refractivity contribution in [3.63, 3.8) is 0 Å². The van der Waals surface area contributed by atoms with Crippen molar-refractivity contribution in [3.8, 4) is 16.9 Å². The quantitative estimate of drug-likeness (QED) is 0.113. The zero-order chi connectivity index (χ0) is 35.0. The minimum atomic E-state index is -1.41. The number of methoxy groups -OCH3 is 1. The van der Waals surface area contributed by atoms with Gasteiger partial charge in [0.05, 0.1) is 22.8 Å². The molecule has 246 valence electrons. The molecule has 0 radical (unpaired) electrons. The van der Waals surface area contributed by atoms with Gasteiger partial charge in [-0.15, -0.1) is 0 Å². The monoisotopic (exact) mass is 686 g/mol. The lowest BCUT2D eigenvalue weighted by Gasteiger charge is -2.12. The topological polar surface area (TPSA) is 151 Å². The lowest BCUT2D eigenvalue weighted by Crippen LogP contribution is -2.32. The van der Waals surface area contributed by atoms with Gasteiger partial charge in [-0.05, 0) is 86.8 Å². The van der Waals surface area contributed by atoms with E-state index in [4.69, 9.17) is 27.9 Å². The van der Waals surface area contributed by atoms with E-state index in [0.717, 1.165) is 11.1 Å². The summed E-state index contributed by atoms with van der Waals surface area (Å²) in [5.74, 6) is -1.84. The summed E-state index contributed by atoms with van der Waals surface area (Å²) in [6, 6.07) is 19.4. The van der Waals surface area contributed by atoms with Gasteiger partial charge in [-0.1, -0.05) is 65.2 Å².